The number of carbonyl (C=O) groups is 1. The summed E-state index contributed by atoms with van der Waals surface area (Å²) < 4.78 is 7.47. The van der Waals surface area contributed by atoms with Gasteiger partial charge in [-0.2, -0.15) is 0 Å². The third-order valence-corrected chi connectivity index (χ3v) is 3.50. The molecule has 1 aromatic rings. The zero-order valence-corrected chi connectivity index (χ0v) is 12.2. The Hall–Kier alpha value is -1.36. The first-order valence-corrected chi connectivity index (χ1v) is 6.79. The second-order valence-electron chi connectivity index (χ2n) is 6.05. The molecule has 0 aromatic carbocycles. The maximum atomic E-state index is 12.6. The molecular formula is C14H23N3O2. The minimum atomic E-state index is -0.278. The van der Waals surface area contributed by atoms with Gasteiger partial charge in [0.25, 0.3) is 5.91 Å². The predicted molar refractivity (Wildman–Crippen MR) is 72.5 cm³/mol. The third-order valence-electron chi connectivity index (χ3n) is 3.50. The Bertz CT molecular complexity index is 442. The normalized spacial score (nSPS) is 19.7. The van der Waals surface area contributed by atoms with Crippen molar-refractivity contribution in [2.24, 2.45) is 7.05 Å². The number of imidazole rings is 1. The number of amides is 1. The van der Waals surface area contributed by atoms with Gasteiger partial charge in [0.2, 0.25) is 0 Å². The van der Waals surface area contributed by atoms with Crippen LogP contribution < -0.4 is 0 Å². The lowest BCUT2D eigenvalue weighted by Crippen LogP contribution is -2.49. The van der Waals surface area contributed by atoms with Crippen molar-refractivity contribution in [3.05, 3.63) is 18.2 Å². The lowest BCUT2D eigenvalue weighted by atomic mass is 10.0. The molecule has 0 bridgehead atoms. The highest BCUT2D eigenvalue weighted by atomic mass is 16.5. The summed E-state index contributed by atoms with van der Waals surface area (Å²) in [5.41, 5.74) is -0.241. The second kappa shape index (κ2) is 5.33. The molecule has 1 atom stereocenters. The maximum absolute atomic E-state index is 12.6. The van der Waals surface area contributed by atoms with Crippen LogP contribution in [-0.4, -0.2) is 38.6 Å². The van der Waals surface area contributed by atoms with Gasteiger partial charge >= 0.3 is 0 Å². The lowest BCUT2D eigenvalue weighted by molar-refractivity contribution is -0.147. The Labute approximate surface area is 114 Å². The van der Waals surface area contributed by atoms with Gasteiger partial charge in [0.1, 0.15) is 11.9 Å². The first-order valence-electron chi connectivity index (χ1n) is 6.79. The van der Waals surface area contributed by atoms with Crippen molar-refractivity contribution < 1.29 is 9.53 Å². The van der Waals surface area contributed by atoms with Gasteiger partial charge in [0.05, 0.1) is 6.54 Å². The molecule has 2 heterocycles. The van der Waals surface area contributed by atoms with E-state index in [-0.39, 0.29) is 17.6 Å². The Morgan fingerprint density at radius 2 is 2.32 bits per heavy atom. The molecule has 2 rings (SSSR count). The number of hydrogen-bond donors (Lipinski definition) is 0. The van der Waals surface area contributed by atoms with E-state index in [0.717, 1.165) is 18.7 Å². The van der Waals surface area contributed by atoms with Gasteiger partial charge in [-0.15, -0.1) is 0 Å². The standard InChI is InChI=1S/C14H23N3O2/c1-14(2,3)17(10-12-15-7-8-16(12)4)13(18)11-6-5-9-19-11/h7-8,11H,5-6,9-10H2,1-4H3. The molecule has 106 valence electrons. The molecule has 5 nitrogen and oxygen atoms in total. The molecule has 1 aromatic heterocycles. The minimum Gasteiger partial charge on any atom is -0.368 e. The number of aryl methyl sites for hydroxylation is 1. The SMILES string of the molecule is Cn1ccnc1CN(C(=O)C1CCCO1)C(C)(C)C. The van der Waals surface area contributed by atoms with Gasteiger partial charge < -0.3 is 14.2 Å². The van der Waals surface area contributed by atoms with Crippen LogP contribution in [0, 0.1) is 0 Å². The Morgan fingerprint density at radius 1 is 1.58 bits per heavy atom. The summed E-state index contributed by atoms with van der Waals surface area (Å²) in [6.45, 7) is 7.34. The zero-order valence-electron chi connectivity index (χ0n) is 12.2. The van der Waals surface area contributed by atoms with Crippen molar-refractivity contribution in [1.29, 1.82) is 0 Å². The van der Waals surface area contributed by atoms with Gasteiger partial charge in [-0.1, -0.05) is 0 Å². The van der Waals surface area contributed by atoms with Crippen LogP contribution in [-0.2, 0) is 23.1 Å². The summed E-state index contributed by atoms with van der Waals surface area (Å²) in [5, 5.41) is 0. The molecule has 5 heteroatoms. The van der Waals surface area contributed by atoms with Gasteiger partial charge in [0.15, 0.2) is 0 Å². The van der Waals surface area contributed by atoms with E-state index in [1.54, 1.807) is 6.20 Å². The van der Waals surface area contributed by atoms with Crippen LogP contribution in [0.15, 0.2) is 12.4 Å². The molecule has 1 unspecified atom stereocenters. The van der Waals surface area contributed by atoms with E-state index < -0.39 is 0 Å². The van der Waals surface area contributed by atoms with E-state index in [1.807, 2.05) is 43.5 Å². The fraction of sp³-hybridized carbons (Fsp3) is 0.714. The van der Waals surface area contributed by atoms with Gasteiger partial charge in [-0.25, -0.2) is 4.98 Å². The Balaban J connectivity index is 2.16. The molecule has 0 aliphatic carbocycles. The highest BCUT2D eigenvalue weighted by Crippen LogP contribution is 2.22. The van der Waals surface area contributed by atoms with E-state index in [1.165, 1.54) is 0 Å². The summed E-state index contributed by atoms with van der Waals surface area (Å²) in [6.07, 6.45) is 5.17. The summed E-state index contributed by atoms with van der Waals surface area (Å²) >= 11 is 0. The number of nitrogens with zero attached hydrogens (tertiary/aromatic N) is 3. The van der Waals surface area contributed by atoms with Crippen molar-refractivity contribution in [3.8, 4) is 0 Å². The average molecular weight is 265 g/mol. The highest BCUT2D eigenvalue weighted by molar-refractivity contribution is 5.81. The van der Waals surface area contributed by atoms with Crippen LogP contribution in [0.2, 0.25) is 0 Å². The number of ether oxygens (including phenoxy) is 1. The van der Waals surface area contributed by atoms with E-state index in [2.05, 4.69) is 4.98 Å². The van der Waals surface area contributed by atoms with Crippen molar-refractivity contribution >= 4 is 5.91 Å². The van der Waals surface area contributed by atoms with E-state index in [9.17, 15) is 4.79 Å². The summed E-state index contributed by atoms with van der Waals surface area (Å²) in [4.78, 5) is 18.8. The molecular weight excluding hydrogens is 242 g/mol. The van der Waals surface area contributed by atoms with Crippen molar-refractivity contribution in [3.63, 3.8) is 0 Å². The summed E-state index contributed by atoms with van der Waals surface area (Å²) in [7, 11) is 1.94. The van der Waals surface area contributed by atoms with Crippen LogP contribution in [0.1, 0.15) is 39.4 Å². The quantitative estimate of drug-likeness (QED) is 0.836. The molecule has 0 spiro atoms. The van der Waals surface area contributed by atoms with E-state index >= 15 is 0 Å². The molecule has 1 saturated heterocycles. The van der Waals surface area contributed by atoms with Gasteiger partial charge in [-0.05, 0) is 33.6 Å². The van der Waals surface area contributed by atoms with Crippen molar-refractivity contribution in [2.45, 2.75) is 51.8 Å². The van der Waals surface area contributed by atoms with E-state index in [4.69, 9.17) is 4.74 Å². The highest BCUT2D eigenvalue weighted by Gasteiger charge is 2.34. The summed E-state index contributed by atoms with van der Waals surface area (Å²) in [5.74, 6) is 0.967. The van der Waals surface area contributed by atoms with Crippen LogP contribution in [0.25, 0.3) is 0 Å². The topological polar surface area (TPSA) is 47.4 Å². The monoisotopic (exact) mass is 265 g/mol. The van der Waals surface area contributed by atoms with Crippen LogP contribution in [0.5, 0.6) is 0 Å². The molecule has 1 aliphatic rings. The van der Waals surface area contributed by atoms with Gasteiger partial charge in [0, 0.05) is 31.6 Å². The Kier molecular flexibility index (Phi) is 3.94. The number of hydrogen-bond acceptors (Lipinski definition) is 3. The average Bonchev–Trinajstić information content (AvgIpc) is 2.95. The number of aromatic nitrogens is 2. The Morgan fingerprint density at radius 3 is 2.79 bits per heavy atom. The van der Waals surface area contributed by atoms with Crippen LogP contribution in [0.4, 0.5) is 0 Å². The fourth-order valence-corrected chi connectivity index (χ4v) is 2.28. The minimum absolute atomic E-state index is 0.0769. The first kappa shape index (κ1) is 14.1. The molecule has 0 N–H and O–H groups in total. The number of rotatable bonds is 3. The second-order valence-corrected chi connectivity index (χ2v) is 6.05. The molecule has 0 saturated carbocycles. The van der Waals surface area contributed by atoms with Crippen LogP contribution in [0.3, 0.4) is 0 Å². The predicted octanol–water partition coefficient (Wildman–Crippen LogP) is 1.73. The van der Waals surface area contributed by atoms with Gasteiger partial charge in [-0.3, -0.25) is 4.79 Å². The van der Waals surface area contributed by atoms with Crippen LogP contribution >= 0.6 is 0 Å². The first-order chi connectivity index (χ1) is 8.89. The third kappa shape index (κ3) is 3.15. The van der Waals surface area contributed by atoms with Crippen molar-refractivity contribution in [1.82, 2.24) is 14.5 Å². The van der Waals surface area contributed by atoms with Crippen molar-refractivity contribution in [2.75, 3.05) is 6.61 Å². The lowest BCUT2D eigenvalue weighted by Gasteiger charge is -2.36. The molecule has 19 heavy (non-hydrogen) atoms. The molecule has 0 radical (unpaired) electrons. The largest absolute Gasteiger partial charge is 0.368 e. The molecule has 1 amide bonds. The number of carbonyl (C=O) groups excluding carboxylic acids is 1. The molecule has 1 fully saturated rings. The summed E-state index contributed by atoms with van der Waals surface area (Å²) in [6, 6.07) is 0. The zero-order chi connectivity index (χ0) is 14.0. The van der Waals surface area contributed by atoms with E-state index in [0.29, 0.717) is 13.2 Å². The fourth-order valence-electron chi connectivity index (χ4n) is 2.28. The smallest absolute Gasteiger partial charge is 0.252 e. The maximum Gasteiger partial charge on any atom is 0.252 e. The molecule has 1 aliphatic heterocycles.